The molecular formula is C23H22N4O4S2. The Morgan fingerprint density at radius 1 is 1.09 bits per heavy atom. The summed E-state index contributed by atoms with van der Waals surface area (Å²) in [6, 6.07) is 15.4. The van der Waals surface area contributed by atoms with Gasteiger partial charge in [-0.25, -0.2) is 0 Å². The Morgan fingerprint density at radius 3 is 2.64 bits per heavy atom. The second-order valence-electron chi connectivity index (χ2n) is 7.25. The van der Waals surface area contributed by atoms with Gasteiger partial charge in [-0.05, 0) is 37.6 Å². The number of hydrogen-bond acceptors (Lipinski definition) is 8. The summed E-state index contributed by atoms with van der Waals surface area (Å²) in [7, 11) is 0. The van der Waals surface area contributed by atoms with Crippen LogP contribution in [-0.2, 0) is 20.9 Å². The molecule has 0 N–H and O–H groups in total. The Morgan fingerprint density at radius 2 is 1.85 bits per heavy atom. The molecule has 2 heterocycles. The average Bonchev–Trinajstić information content (AvgIpc) is 3.33. The Balaban J connectivity index is 1.67. The van der Waals surface area contributed by atoms with Crippen LogP contribution in [0.3, 0.4) is 0 Å². The van der Waals surface area contributed by atoms with E-state index in [0.29, 0.717) is 11.0 Å². The van der Waals surface area contributed by atoms with E-state index in [1.807, 2.05) is 60.0 Å². The smallest absolute Gasteiger partial charge is 0.313 e. The molecule has 2 aromatic carbocycles. The van der Waals surface area contributed by atoms with Crippen LogP contribution in [0.15, 0.2) is 58.5 Å². The molecule has 4 aromatic rings. The molecule has 0 aliphatic rings. The van der Waals surface area contributed by atoms with Crippen LogP contribution in [-0.4, -0.2) is 43.4 Å². The van der Waals surface area contributed by atoms with Crippen molar-refractivity contribution in [2.45, 2.75) is 32.0 Å². The van der Waals surface area contributed by atoms with Gasteiger partial charge in [0.2, 0.25) is 0 Å². The number of fused-ring (bicyclic) bond motifs is 1. The summed E-state index contributed by atoms with van der Waals surface area (Å²) in [4.78, 5) is 36.4. The number of ether oxygens (including phenoxy) is 1. The zero-order chi connectivity index (χ0) is 23.4. The highest BCUT2D eigenvalue weighted by atomic mass is 32.2. The van der Waals surface area contributed by atoms with Gasteiger partial charge in [-0.2, -0.15) is 0 Å². The largest absolute Gasteiger partial charge is 0.466 e. The van der Waals surface area contributed by atoms with Gasteiger partial charge in [0.15, 0.2) is 16.8 Å². The SMILES string of the molecule is CCOC(=O)CC(=O)CSc1nnc(Cn2c(=O)sc3ccccc32)n1-c1ccccc1C. The average molecular weight is 483 g/mol. The number of thioether (sulfide) groups is 1. The van der Waals surface area contributed by atoms with Crippen LogP contribution in [0.4, 0.5) is 0 Å². The van der Waals surface area contributed by atoms with E-state index in [-0.39, 0.29) is 36.0 Å². The summed E-state index contributed by atoms with van der Waals surface area (Å²) in [5, 5.41) is 9.18. The van der Waals surface area contributed by atoms with Crippen LogP contribution in [0.1, 0.15) is 24.7 Å². The molecule has 0 radical (unpaired) electrons. The molecule has 0 saturated carbocycles. The van der Waals surface area contributed by atoms with E-state index in [4.69, 9.17) is 4.74 Å². The van der Waals surface area contributed by atoms with Crippen molar-refractivity contribution in [2.75, 3.05) is 12.4 Å². The Labute approximate surface area is 198 Å². The maximum atomic E-state index is 12.7. The first-order chi connectivity index (χ1) is 16.0. The summed E-state index contributed by atoms with van der Waals surface area (Å²) in [6.07, 6.45) is -0.275. The van der Waals surface area contributed by atoms with Crippen LogP contribution in [0.5, 0.6) is 0 Å². The second-order valence-corrected chi connectivity index (χ2v) is 9.19. The molecule has 8 nitrogen and oxygen atoms in total. The second kappa shape index (κ2) is 10.1. The standard InChI is InChI=1S/C23H22N4O4S2/c1-3-31-21(29)12-16(28)14-32-22-25-24-20(27(22)17-9-5-4-8-15(17)2)13-26-18-10-6-7-11-19(18)33-23(26)30/h4-11H,3,12-14H2,1-2H3. The lowest BCUT2D eigenvalue weighted by molar-refractivity contribution is -0.145. The maximum Gasteiger partial charge on any atom is 0.313 e. The number of ketones is 1. The van der Waals surface area contributed by atoms with Crippen LogP contribution >= 0.6 is 23.1 Å². The Bertz CT molecular complexity index is 1370. The molecule has 2 aromatic heterocycles. The molecule has 0 amide bonds. The van der Waals surface area contributed by atoms with Gasteiger partial charge in [0.1, 0.15) is 6.42 Å². The topological polar surface area (TPSA) is 96.1 Å². The highest BCUT2D eigenvalue weighted by Gasteiger charge is 2.20. The number of esters is 1. The third-order valence-electron chi connectivity index (χ3n) is 4.94. The van der Waals surface area contributed by atoms with Crippen molar-refractivity contribution in [2.24, 2.45) is 0 Å². The lowest BCUT2D eigenvalue weighted by atomic mass is 10.2. The number of thiazole rings is 1. The van der Waals surface area contributed by atoms with E-state index in [9.17, 15) is 14.4 Å². The van der Waals surface area contributed by atoms with Gasteiger partial charge >= 0.3 is 10.8 Å². The van der Waals surface area contributed by atoms with E-state index < -0.39 is 5.97 Å². The molecule has 0 atom stereocenters. The van der Waals surface area contributed by atoms with Crippen LogP contribution in [0.2, 0.25) is 0 Å². The molecule has 0 fully saturated rings. The number of hydrogen-bond donors (Lipinski definition) is 0. The molecule has 33 heavy (non-hydrogen) atoms. The zero-order valence-electron chi connectivity index (χ0n) is 18.2. The molecule has 0 bridgehead atoms. The summed E-state index contributed by atoms with van der Waals surface area (Å²) < 4.78 is 9.31. The first-order valence-electron chi connectivity index (χ1n) is 10.4. The quantitative estimate of drug-likeness (QED) is 0.204. The van der Waals surface area contributed by atoms with E-state index in [0.717, 1.165) is 21.5 Å². The summed E-state index contributed by atoms with van der Waals surface area (Å²) >= 11 is 2.40. The van der Waals surface area contributed by atoms with E-state index in [1.54, 1.807) is 11.5 Å². The third-order valence-corrected chi connectivity index (χ3v) is 6.89. The fraction of sp³-hybridized carbons (Fsp3) is 0.261. The van der Waals surface area contributed by atoms with Crippen molar-refractivity contribution in [1.29, 1.82) is 0 Å². The number of carbonyl (C=O) groups is 2. The first kappa shape index (κ1) is 22.9. The zero-order valence-corrected chi connectivity index (χ0v) is 19.8. The number of carbonyl (C=O) groups excluding carboxylic acids is 2. The van der Waals surface area contributed by atoms with Gasteiger partial charge < -0.3 is 4.74 Å². The van der Waals surface area contributed by atoms with Gasteiger partial charge in [0, 0.05) is 0 Å². The maximum absolute atomic E-state index is 12.7. The number of aryl methyl sites for hydroxylation is 1. The van der Waals surface area contributed by atoms with Crippen molar-refractivity contribution in [1.82, 2.24) is 19.3 Å². The van der Waals surface area contributed by atoms with E-state index >= 15 is 0 Å². The Kier molecular flexibility index (Phi) is 7.05. The lowest BCUT2D eigenvalue weighted by Gasteiger charge is -2.13. The van der Waals surface area contributed by atoms with Gasteiger partial charge in [0.25, 0.3) is 0 Å². The molecule has 170 valence electrons. The minimum absolute atomic E-state index is 0.0597. The molecule has 0 spiro atoms. The molecule has 10 heteroatoms. The monoisotopic (exact) mass is 482 g/mol. The van der Waals surface area contributed by atoms with Crippen molar-refractivity contribution in [3.05, 3.63) is 69.6 Å². The molecule has 4 rings (SSSR count). The Hall–Kier alpha value is -3.24. The summed E-state index contributed by atoms with van der Waals surface area (Å²) in [5.74, 6) is -0.146. The van der Waals surface area contributed by atoms with Gasteiger partial charge in [-0.3, -0.25) is 23.5 Å². The van der Waals surface area contributed by atoms with Crippen molar-refractivity contribution < 1.29 is 14.3 Å². The molecular weight excluding hydrogens is 460 g/mol. The number of para-hydroxylation sites is 2. The number of rotatable bonds is 9. The minimum atomic E-state index is -0.534. The number of aromatic nitrogens is 4. The van der Waals surface area contributed by atoms with E-state index in [2.05, 4.69) is 10.2 Å². The summed E-state index contributed by atoms with van der Waals surface area (Å²) in [5.41, 5.74) is 2.71. The molecule has 0 aliphatic heterocycles. The predicted molar refractivity (Wildman–Crippen MR) is 128 cm³/mol. The number of Topliss-reactive ketones (excluding diaryl/α,β-unsaturated/α-hetero) is 1. The predicted octanol–water partition coefficient (Wildman–Crippen LogP) is 3.61. The normalized spacial score (nSPS) is 11.1. The molecule has 0 aliphatic carbocycles. The lowest BCUT2D eigenvalue weighted by Crippen LogP contribution is -2.17. The number of nitrogens with zero attached hydrogens (tertiary/aromatic N) is 4. The van der Waals surface area contributed by atoms with Crippen LogP contribution in [0, 0.1) is 6.92 Å². The van der Waals surface area contributed by atoms with Crippen LogP contribution in [0.25, 0.3) is 15.9 Å². The fourth-order valence-electron chi connectivity index (χ4n) is 3.43. The van der Waals surface area contributed by atoms with Crippen molar-refractivity contribution in [3.63, 3.8) is 0 Å². The van der Waals surface area contributed by atoms with Gasteiger partial charge in [0.05, 0.1) is 34.8 Å². The van der Waals surface area contributed by atoms with Gasteiger partial charge in [-0.15, -0.1) is 10.2 Å². The highest BCUT2D eigenvalue weighted by Crippen LogP contribution is 2.26. The van der Waals surface area contributed by atoms with Crippen molar-refractivity contribution >= 4 is 45.1 Å². The first-order valence-corrected chi connectivity index (χ1v) is 12.2. The molecule has 0 saturated heterocycles. The van der Waals surface area contributed by atoms with Crippen LogP contribution < -0.4 is 4.87 Å². The highest BCUT2D eigenvalue weighted by molar-refractivity contribution is 7.99. The third kappa shape index (κ3) is 5.07. The fourth-order valence-corrected chi connectivity index (χ4v) is 5.14. The van der Waals surface area contributed by atoms with Gasteiger partial charge in [-0.1, -0.05) is 53.4 Å². The van der Waals surface area contributed by atoms with Crippen molar-refractivity contribution in [3.8, 4) is 5.69 Å². The summed E-state index contributed by atoms with van der Waals surface area (Å²) in [6.45, 7) is 4.15. The molecule has 0 unspecified atom stereocenters. The number of benzene rings is 2. The minimum Gasteiger partial charge on any atom is -0.466 e. The van der Waals surface area contributed by atoms with E-state index in [1.165, 1.54) is 23.1 Å².